The molecule has 0 aliphatic carbocycles. The van der Waals surface area contributed by atoms with Crippen molar-refractivity contribution < 1.29 is 8.78 Å². The number of aromatic nitrogens is 2. The molecule has 0 fully saturated rings. The van der Waals surface area contributed by atoms with Crippen molar-refractivity contribution in [3.63, 3.8) is 0 Å². The zero-order valence-corrected chi connectivity index (χ0v) is 10.3. The summed E-state index contributed by atoms with van der Waals surface area (Å²) in [7, 11) is 0. The van der Waals surface area contributed by atoms with Crippen molar-refractivity contribution in [3.8, 4) is 0 Å². The number of aryl methyl sites for hydroxylation is 1. The average Bonchev–Trinajstić information content (AvgIpc) is 2.27. The van der Waals surface area contributed by atoms with Gasteiger partial charge in [-0.05, 0) is 20.3 Å². The maximum absolute atomic E-state index is 12.1. The Kier molecular flexibility index (Phi) is 5.06. The summed E-state index contributed by atoms with van der Waals surface area (Å²) in [5.74, 6) is 1.73. The number of halogens is 2. The first-order valence-corrected chi connectivity index (χ1v) is 5.65. The Morgan fingerprint density at radius 1 is 1.12 bits per heavy atom. The molecule has 0 radical (unpaired) electrons. The van der Waals surface area contributed by atoms with Gasteiger partial charge in [0.2, 0.25) is 0 Å². The second-order valence-electron chi connectivity index (χ2n) is 3.79. The van der Waals surface area contributed by atoms with Gasteiger partial charge in [-0.3, -0.25) is 0 Å². The number of nitrogens with one attached hydrogen (secondary N) is 2. The molecule has 4 nitrogen and oxygen atoms in total. The fourth-order valence-electron chi connectivity index (χ4n) is 1.39. The zero-order valence-electron chi connectivity index (χ0n) is 10.3. The third-order valence-corrected chi connectivity index (χ3v) is 2.22. The Morgan fingerprint density at radius 2 is 1.71 bits per heavy atom. The molecule has 1 rings (SSSR count). The Labute approximate surface area is 99.9 Å². The van der Waals surface area contributed by atoms with E-state index in [0.717, 1.165) is 18.5 Å². The smallest absolute Gasteiger partial charge is 0.255 e. The monoisotopic (exact) mass is 244 g/mol. The van der Waals surface area contributed by atoms with E-state index in [-0.39, 0.29) is 0 Å². The minimum absolute atomic E-state index is 0.398. The predicted octanol–water partition coefficient (Wildman–Crippen LogP) is 2.59. The number of nitrogens with zero attached hydrogens (tertiary/aromatic N) is 2. The Hall–Kier alpha value is -1.46. The number of hydrogen-bond acceptors (Lipinski definition) is 4. The van der Waals surface area contributed by atoms with Gasteiger partial charge < -0.3 is 10.6 Å². The van der Waals surface area contributed by atoms with Crippen LogP contribution in [0.3, 0.4) is 0 Å². The van der Waals surface area contributed by atoms with E-state index in [4.69, 9.17) is 0 Å². The van der Waals surface area contributed by atoms with Crippen LogP contribution in [-0.4, -0.2) is 29.5 Å². The van der Waals surface area contributed by atoms with Gasteiger partial charge in [-0.15, -0.1) is 0 Å². The fraction of sp³-hybridized carbons (Fsp3) is 0.636. The van der Waals surface area contributed by atoms with Crippen LogP contribution in [0.25, 0.3) is 0 Å². The summed E-state index contributed by atoms with van der Waals surface area (Å²) in [5, 5.41) is 5.78. The molecule has 6 heteroatoms. The summed E-state index contributed by atoms with van der Waals surface area (Å²) in [6.07, 6.45) is -1.42. The number of rotatable bonds is 6. The van der Waals surface area contributed by atoms with Gasteiger partial charge in [0, 0.05) is 12.1 Å². The second kappa shape index (κ2) is 6.32. The normalized spacial score (nSPS) is 10.7. The standard InChI is InChI=1S/C11H18F2N4/c1-4-5-14-10-7(2)11(15-6-9(12)13)17-8(3)16-10/h9H,4-6H2,1-3H3,(H2,14,15,16,17). The predicted molar refractivity (Wildman–Crippen MR) is 64.8 cm³/mol. The Balaban J connectivity index is 2.85. The first-order valence-electron chi connectivity index (χ1n) is 5.65. The Morgan fingerprint density at radius 3 is 2.24 bits per heavy atom. The van der Waals surface area contributed by atoms with E-state index in [9.17, 15) is 8.78 Å². The van der Waals surface area contributed by atoms with E-state index >= 15 is 0 Å². The molecule has 0 aliphatic rings. The van der Waals surface area contributed by atoms with Crippen molar-refractivity contribution in [3.05, 3.63) is 11.4 Å². The molecule has 0 amide bonds. The molecule has 0 bridgehead atoms. The van der Waals surface area contributed by atoms with Gasteiger partial charge in [-0.2, -0.15) is 0 Å². The molecule has 0 spiro atoms. The van der Waals surface area contributed by atoms with Gasteiger partial charge in [0.15, 0.2) is 0 Å². The lowest BCUT2D eigenvalue weighted by molar-refractivity contribution is 0.163. The molecule has 0 unspecified atom stereocenters. The van der Waals surface area contributed by atoms with Crippen molar-refractivity contribution in [2.24, 2.45) is 0 Å². The lowest BCUT2D eigenvalue weighted by Gasteiger charge is -2.13. The average molecular weight is 244 g/mol. The topological polar surface area (TPSA) is 49.8 Å². The van der Waals surface area contributed by atoms with Crippen LogP contribution in [0, 0.1) is 13.8 Å². The van der Waals surface area contributed by atoms with Crippen LogP contribution in [0.1, 0.15) is 24.7 Å². The summed E-state index contributed by atoms with van der Waals surface area (Å²) >= 11 is 0. The summed E-state index contributed by atoms with van der Waals surface area (Å²) in [5.41, 5.74) is 0.768. The molecule has 0 atom stereocenters. The highest BCUT2D eigenvalue weighted by Gasteiger charge is 2.10. The second-order valence-corrected chi connectivity index (χ2v) is 3.79. The number of hydrogen-bond donors (Lipinski definition) is 2. The number of alkyl halides is 2. The van der Waals surface area contributed by atoms with Crippen molar-refractivity contribution in [1.29, 1.82) is 0 Å². The summed E-state index contributed by atoms with van der Waals surface area (Å²) < 4.78 is 24.3. The molecule has 1 heterocycles. The van der Waals surface area contributed by atoms with E-state index in [1.807, 2.05) is 13.8 Å². The molecular weight excluding hydrogens is 226 g/mol. The van der Waals surface area contributed by atoms with E-state index in [0.29, 0.717) is 17.5 Å². The van der Waals surface area contributed by atoms with Crippen molar-refractivity contribution in [2.45, 2.75) is 33.6 Å². The molecule has 17 heavy (non-hydrogen) atoms. The SMILES string of the molecule is CCCNc1nc(C)nc(NCC(F)F)c1C. The molecule has 0 aliphatic heterocycles. The van der Waals surface area contributed by atoms with Crippen molar-refractivity contribution in [2.75, 3.05) is 23.7 Å². The van der Waals surface area contributed by atoms with E-state index < -0.39 is 13.0 Å². The molecule has 1 aromatic rings. The maximum atomic E-state index is 12.1. The van der Waals surface area contributed by atoms with Crippen LogP contribution in [0.5, 0.6) is 0 Å². The minimum Gasteiger partial charge on any atom is -0.370 e. The highest BCUT2D eigenvalue weighted by Crippen LogP contribution is 2.19. The van der Waals surface area contributed by atoms with Crippen LogP contribution in [0.4, 0.5) is 20.4 Å². The van der Waals surface area contributed by atoms with Gasteiger partial charge in [-0.25, -0.2) is 18.7 Å². The van der Waals surface area contributed by atoms with E-state index in [1.54, 1.807) is 6.92 Å². The van der Waals surface area contributed by atoms with Crippen LogP contribution in [0.15, 0.2) is 0 Å². The van der Waals surface area contributed by atoms with Crippen molar-refractivity contribution in [1.82, 2.24) is 9.97 Å². The largest absolute Gasteiger partial charge is 0.370 e. The van der Waals surface area contributed by atoms with Gasteiger partial charge in [0.25, 0.3) is 6.43 Å². The zero-order chi connectivity index (χ0) is 12.8. The highest BCUT2D eigenvalue weighted by atomic mass is 19.3. The van der Waals surface area contributed by atoms with Crippen LogP contribution in [-0.2, 0) is 0 Å². The molecule has 1 aromatic heterocycles. The highest BCUT2D eigenvalue weighted by molar-refractivity contribution is 5.57. The van der Waals surface area contributed by atoms with Gasteiger partial charge >= 0.3 is 0 Å². The van der Waals surface area contributed by atoms with Crippen LogP contribution in [0.2, 0.25) is 0 Å². The summed E-state index contributed by atoms with van der Waals surface area (Å²) in [6.45, 7) is 6.00. The first-order chi connectivity index (χ1) is 8.04. The Bertz CT molecular complexity index is 369. The molecule has 0 aromatic carbocycles. The quantitative estimate of drug-likeness (QED) is 0.807. The van der Waals surface area contributed by atoms with E-state index in [2.05, 4.69) is 20.6 Å². The van der Waals surface area contributed by atoms with E-state index in [1.165, 1.54) is 0 Å². The molecule has 2 N–H and O–H groups in total. The van der Waals surface area contributed by atoms with Crippen LogP contribution >= 0.6 is 0 Å². The summed E-state index contributed by atoms with van der Waals surface area (Å²) in [6, 6.07) is 0. The first kappa shape index (κ1) is 13.6. The molecule has 0 saturated heterocycles. The number of anilines is 2. The minimum atomic E-state index is -2.39. The van der Waals surface area contributed by atoms with Crippen molar-refractivity contribution >= 4 is 11.6 Å². The van der Waals surface area contributed by atoms with Gasteiger partial charge in [0.05, 0.1) is 6.54 Å². The fourth-order valence-corrected chi connectivity index (χ4v) is 1.39. The maximum Gasteiger partial charge on any atom is 0.255 e. The van der Waals surface area contributed by atoms with Crippen LogP contribution < -0.4 is 10.6 Å². The third kappa shape index (κ3) is 4.13. The molecular formula is C11H18F2N4. The van der Waals surface area contributed by atoms with Gasteiger partial charge in [-0.1, -0.05) is 6.92 Å². The summed E-state index contributed by atoms with van der Waals surface area (Å²) in [4.78, 5) is 8.37. The lowest BCUT2D eigenvalue weighted by atomic mass is 10.3. The molecule has 0 saturated carbocycles. The third-order valence-electron chi connectivity index (χ3n) is 2.22. The lowest BCUT2D eigenvalue weighted by Crippen LogP contribution is -2.15. The van der Waals surface area contributed by atoms with Gasteiger partial charge in [0.1, 0.15) is 17.5 Å². The molecule has 96 valence electrons.